The van der Waals surface area contributed by atoms with Crippen molar-refractivity contribution in [3.63, 3.8) is 0 Å². The van der Waals surface area contributed by atoms with Crippen LogP contribution in [0.4, 0.5) is 5.82 Å². The molecule has 2 aromatic rings. The molecule has 1 fully saturated rings. The van der Waals surface area contributed by atoms with E-state index in [-0.39, 0.29) is 17.9 Å². The van der Waals surface area contributed by atoms with Crippen LogP contribution in [0.15, 0.2) is 12.5 Å². The van der Waals surface area contributed by atoms with E-state index in [9.17, 15) is 9.59 Å². The lowest BCUT2D eigenvalue weighted by Gasteiger charge is -2.34. The maximum atomic E-state index is 12.2. The van der Waals surface area contributed by atoms with E-state index in [1.807, 2.05) is 7.05 Å². The average Bonchev–Trinajstić information content (AvgIpc) is 2.96. The van der Waals surface area contributed by atoms with E-state index in [0.717, 1.165) is 36.2 Å². The van der Waals surface area contributed by atoms with E-state index in [1.54, 1.807) is 24.1 Å². The van der Waals surface area contributed by atoms with Crippen LogP contribution in [0.1, 0.15) is 26.7 Å². The third kappa shape index (κ3) is 3.70. The Bertz CT molecular complexity index is 788. The summed E-state index contributed by atoms with van der Waals surface area (Å²) in [5.74, 6) is 0.455. The Morgan fingerprint density at radius 2 is 2.16 bits per heavy atom. The molecule has 134 valence electrons. The SMILES string of the molecule is CC(=O)NC(C)C(=O)NC1CCCN(c2ncnc3c2cnn3C)C1. The summed E-state index contributed by atoms with van der Waals surface area (Å²) in [5.41, 5.74) is 0.787. The molecule has 25 heavy (non-hydrogen) atoms. The Kier molecular flexibility index (Phi) is 4.82. The molecular formula is C16H23N7O2. The van der Waals surface area contributed by atoms with Crippen LogP contribution in [0.2, 0.25) is 0 Å². The normalized spacial score (nSPS) is 18.8. The van der Waals surface area contributed by atoms with Crippen molar-refractivity contribution in [1.82, 2.24) is 30.4 Å². The van der Waals surface area contributed by atoms with Crippen molar-refractivity contribution < 1.29 is 9.59 Å². The molecule has 0 spiro atoms. The van der Waals surface area contributed by atoms with Gasteiger partial charge in [-0.3, -0.25) is 14.3 Å². The van der Waals surface area contributed by atoms with Crippen molar-refractivity contribution >= 4 is 28.7 Å². The number of aromatic nitrogens is 4. The number of piperidine rings is 1. The smallest absolute Gasteiger partial charge is 0.242 e. The number of carbonyl (C=O) groups is 2. The van der Waals surface area contributed by atoms with Gasteiger partial charge < -0.3 is 15.5 Å². The van der Waals surface area contributed by atoms with Crippen molar-refractivity contribution in [1.29, 1.82) is 0 Å². The third-order valence-corrected chi connectivity index (χ3v) is 4.39. The second-order valence-corrected chi connectivity index (χ2v) is 6.42. The molecule has 2 unspecified atom stereocenters. The molecule has 3 rings (SSSR count). The van der Waals surface area contributed by atoms with Gasteiger partial charge in [-0.25, -0.2) is 9.97 Å². The maximum Gasteiger partial charge on any atom is 0.242 e. The predicted molar refractivity (Wildman–Crippen MR) is 93.0 cm³/mol. The summed E-state index contributed by atoms with van der Waals surface area (Å²) >= 11 is 0. The number of anilines is 1. The second-order valence-electron chi connectivity index (χ2n) is 6.42. The van der Waals surface area contributed by atoms with Crippen LogP contribution in [0.5, 0.6) is 0 Å². The maximum absolute atomic E-state index is 12.2. The number of nitrogens with zero attached hydrogens (tertiary/aromatic N) is 5. The molecule has 9 nitrogen and oxygen atoms in total. The Labute approximate surface area is 145 Å². The zero-order valence-corrected chi connectivity index (χ0v) is 14.7. The molecule has 2 aromatic heterocycles. The van der Waals surface area contributed by atoms with Crippen molar-refractivity contribution in [2.75, 3.05) is 18.0 Å². The molecule has 0 aliphatic carbocycles. The number of fused-ring (bicyclic) bond motifs is 1. The minimum Gasteiger partial charge on any atom is -0.354 e. The van der Waals surface area contributed by atoms with Crippen LogP contribution >= 0.6 is 0 Å². The van der Waals surface area contributed by atoms with Gasteiger partial charge in [-0.2, -0.15) is 5.10 Å². The van der Waals surface area contributed by atoms with Gasteiger partial charge >= 0.3 is 0 Å². The van der Waals surface area contributed by atoms with Gasteiger partial charge in [-0.15, -0.1) is 0 Å². The third-order valence-electron chi connectivity index (χ3n) is 4.39. The highest BCUT2D eigenvalue weighted by atomic mass is 16.2. The first-order chi connectivity index (χ1) is 12.0. The molecule has 1 aliphatic rings. The molecule has 1 saturated heterocycles. The summed E-state index contributed by atoms with van der Waals surface area (Å²) in [5, 5.41) is 10.8. The summed E-state index contributed by atoms with van der Waals surface area (Å²) in [7, 11) is 1.85. The molecule has 0 bridgehead atoms. The summed E-state index contributed by atoms with van der Waals surface area (Å²) in [6, 6.07) is -0.531. The minimum absolute atomic E-state index is 0.0131. The van der Waals surface area contributed by atoms with Crippen LogP contribution in [0, 0.1) is 0 Å². The van der Waals surface area contributed by atoms with Crippen molar-refractivity contribution in [3.8, 4) is 0 Å². The Morgan fingerprint density at radius 3 is 2.92 bits per heavy atom. The van der Waals surface area contributed by atoms with Crippen molar-refractivity contribution in [2.24, 2.45) is 7.05 Å². The Morgan fingerprint density at radius 1 is 1.36 bits per heavy atom. The standard InChI is InChI=1S/C16H23N7O2/c1-10(20-11(2)24)16(25)21-12-5-4-6-23(8-12)15-13-7-19-22(3)14(13)17-9-18-15/h7,9-10,12H,4-6,8H2,1-3H3,(H,20,24)(H,21,25). The van der Waals surface area contributed by atoms with Crippen LogP contribution in [0.25, 0.3) is 11.0 Å². The quantitative estimate of drug-likeness (QED) is 0.806. The van der Waals surface area contributed by atoms with Gasteiger partial charge in [-0.1, -0.05) is 0 Å². The van der Waals surface area contributed by atoms with Crippen molar-refractivity contribution in [2.45, 2.75) is 38.8 Å². The van der Waals surface area contributed by atoms with Crippen LogP contribution in [-0.2, 0) is 16.6 Å². The molecule has 0 aromatic carbocycles. The fourth-order valence-electron chi connectivity index (χ4n) is 3.19. The number of aryl methyl sites for hydroxylation is 1. The highest BCUT2D eigenvalue weighted by Gasteiger charge is 2.25. The molecule has 2 N–H and O–H groups in total. The lowest BCUT2D eigenvalue weighted by Crippen LogP contribution is -2.53. The molecule has 0 saturated carbocycles. The predicted octanol–water partition coefficient (Wildman–Crippen LogP) is -0.0271. The molecule has 3 heterocycles. The number of hydrogen-bond donors (Lipinski definition) is 2. The highest BCUT2D eigenvalue weighted by molar-refractivity contribution is 5.87. The first kappa shape index (κ1) is 17.1. The Balaban J connectivity index is 1.70. The van der Waals surface area contributed by atoms with Gasteiger partial charge in [0, 0.05) is 33.1 Å². The molecule has 1 aliphatic heterocycles. The van der Waals surface area contributed by atoms with E-state index < -0.39 is 6.04 Å². The average molecular weight is 345 g/mol. The molecule has 0 radical (unpaired) electrons. The van der Waals surface area contributed by atoms with Crippen molar-refractivity contribution in [3.05, 3.63) is 12.5 Å². The fourth-order valence-corrected chi connectivity index (χ4v) is 3.19. The number of carbonyl (C=O) groups excluding carboxylic acids is 2. The summed E-state index contributed by atoms with van der Waals surface area (Å²) in [6.07, 6.45) is 5.16. The summed E-state index contributed by atoms with van der Waals surface area (Å²) in [6.45, 7) is 4.62. The molecular weight excluding hydrogens is 322 g/mol. The topological polar surface area (TPSA) is 105 Å². The number of rotatable bonds is 4. The van der Waals surface area contributed by atoms with Crippen LogP contribution in [0.3, 0.4) is 0 Å². The van der Waals surface area contributed by atoms with E-state index in [0.29, 0.717) is 6.54 Å². The zero-order chi connectivity index (χ0) is 18.0. The van der Waals surface area contributed by atoms with Gasteiger partial charge in [0.05, 0.1) is 11.6 Å². The van der Waals surface area contributed by atoms with Gasteiger partial charge in [0.2, 0.25) is 11.8 Å². The van der Waals surface area contributed by atoms with Gasteiger partial charge in [0.1, 0.15) is 18.2 Å². The summed E-state index contributed by atoms with van der Waals surface area (Å²) in [4.78, 5) is 34.2. The van der Waals surface area contributed by atoms with Crippen LogP contribution in [-0.4, -0.2) is 56.7 Å². The lowest BCUT2D eigenvalue weighted by atomic mass is 10.0. The highest BCUT2D eigenvalue weighted by Crippen LogP contribution is 2.25. The number of nitrogens with one attached hydrogen (secondary N) is 2. The summed E-state index contributed by atoms with van der Waals surface area (Å²) < 4.78 is 1.72. The molecule has 2 atom stereocenters. The van der Waals surface area contributed by atoms with Gasteiger partial charge in [0.15, 0.2) is 5.65 Å². The second kappa shape index (κ2) is 7.04. The van der Waals surface area contributed by atoms with Crippen LogP contribution < -0.4 is 15.5 Å². The Hall–Kier alpha value is -2.71. The lowest BCUT2D eigenvalue weighted by molar-refractivity contribution is -0.128. The number of amides is 2. The van der Waals surface area contributed by atoms with Gasteiger partial charge in [0.25, 0.3) is 0 Å². The largest absolute Gasteiger partial charge is 0.354 e. The van der Waals surface area contributed by atoms with Gasteiger partial charge in [-0.05, 0) is 19.8 Å². The minimum atomic E-state index is -0.544. The first-order valence-corrected chi connectivity index (χ1v) is 8.41. The first-order valence-electron chi connectivity index (χ1n) is 8.41. The van der Waals surface area contributed by atoms with E-state index in [1.165, 1.54) is 6.92 Å². The monoisotopic (exact) mass is 345 g/mol. The zero-order valence-electron chi connectivity index (χ0n) is 14.7. The molecule has 9 heteroatoms. The van der Waals surface area contributed by atoms with E-state index in [4.69, 9.17) is 0 Å². The van der Waals surface area contributed by atoms with E-state index in [2.05, 4.69) is 30.6 Å². The molecule has 2 amide bonds. The fraction of sp³-hybridized carbons (Fsp3) is 0.562. The van der Waals surface area contributed by atoms with E-state index >= 15 is 0 Å². The number of hydrogen-bond acceptors (Lipinski definition) is 6.